The Morgan fingerprint density at radius 1 is 1.10 bits per heavy atom. The largest absolute Gasteiger partial charge is 0.790 e. The second-order valence-electron chi connectivity index (χ2n) is 4.14. The van der Waals surface area contributed by atoms with Crippen molar-refractivity contribution in [3.05, 3.63) is 23.3 Å². The van der Waals surface area contributed by atoms with Crippen LogP contribution in [0.3, 0.4) is 0 Å². The van der Waals surface area contributed by atoms with E-state index in [0.717, 1.165) is 18.4 Å². The highest BCUT2D eigenvalue weighted by atomic mass is 31.3. The molecule has 0 aliphatic heterocycles. The van der Waals surface area contributed by atoms with Crippen molar-refractivity contribution in [2.24, 2.45) is 0 Å². The van der Waals surface area contributed by atoms with Crippen LogP contribution in [0.25, 0.3) is 0 Å². The first-order valence-electron chi connectivity index (χ1n) is 5.50. The summed E-state index contributed by atoms with van der Waals surface area (Å²) < 4.78 is 28.5. The number of quaternary nitrogens is 1. The predicted molar refractivity (Wildman–Crippen MR) is 70.7 cm³/mol. The Labute approximate surface area is 118 Å². The third-order valence-electron chi connectivity index (χ3n) is 1.96. The zero-order valence-corrected chi connectivity index (χ0v) is 13.8. The van der Waals surface area contributed by atoms with Gasteiger partial charge in [-0.2, -0.15) is 0 Å². The molecule has 4 N–H and O–H groups in total. The van der Waals surface area contributed by atoms with Crippen LogP contribution in [0.2, 0.25) is 0 Å². The summed E-state index contributed by atoms with van der Waals surface area (Å²) in [6, 6.07) is 0. The second-order valence-corrected chi connectivity index (χ2v) is 6.84. The number of phosphoric ester groups is 1. The minimum Gasteiger partial charge on any atom is -0.790 e. The summed E-state index contributed by atoms with van der Waals surface area (Å²) in [5, 5.41) is 0. The van der Waals surface area contributed by atoms with E-state index in [1.807, 2.05) is 19.9 Å². The summed E-state index contributed by atoms with van der Waals surface area (Å²) in [6.07, 6.45) is 5.05. The first-order chi connectivity index (χ1) is 8.52. The van der Waals surface area contributed by atoms with Crippen LogP contribution in [0, 0.1) is 0 Å². The highest BCUT2D eigenvalue weighted by molar-refractivity contribution is 7.58. The van der Waals surface area contributed by atoms with Gasteiger partial charge in [0.15, 0.2) is 0 Å². The summed E-state index contributed by atoms with van der Waals surface area (Å²) in [6.45, 7) is 5.35. The topological polar surface area (TPSA) is 158 Å². The number of hydrogen-bond donors (Lipinski definition) is 1. The predicted octanol–water partition coefficient (Wildman–Crippen LogP) is 1.39. The maximum atomic E-state index is 10.9. The van der Waals surface area contributed by atoms with E-state index in [9.17, 15) is 23.8 Å². The molecule has 1 atom stereocenters. The van der Waals surface area contributed by atoms with Crippen LogP contribution in [0.15, 0.2) is 23.3 Å². The third kappa shape index (κ3) is 14.1. The van der Waals surface area contributed by atoms with Gasteiger partial charge in [0.2, 0.25) is 0 Å². The Kier molecular flexibility index (Phi) is 10.6. The lowest BCUT2D eigenvalue weighted by Gasteiger charge is -2.34. The normalized spacial score (nSPS) is 15.2. The molecule has 0 saturated carbocycles. The Bertz CT molecular complexity index is 437. The molecule has 0 aromatic heterocycles. The Hall–Kier alpha value is -0.300. The first-order valence-corrected chi connectivity index (χ1v) is 8.42. The molecule has 0 spiro atoms. The minimum atomic E-state index is -5.61. The Balaban J connectivity index is 0. The van der Waals surface area contributed by atoms with Gasteiger partial charge in [-0.3, -0.25) is 8.88 Å². The van der Waals surface area contributed by atoms with Gasteiger partial charge in [-0.05, 0) is 33.6 Å². The SMILES string of the molecule is CC(C)=CCC/C(C)=C/COP(=O)([O-])OP(=O)([O-])[O-].[NH4+]. The second kappa shape index (κ2) is 9.60. The van der Waals surface area contributed by atoms with Crippen molar-refractivity contribution in [3.63, 3.8) is 0 Å². The monoisotopic (exact) mass is 329 g/mol. The van der Waals surface area contributed by atoms with Crippen LogP contribution >= 0.6 is 15.6 Å². The quantitative estimate of drug-likeness (QED) is 0.520. The summed E-state index contributed by atoms with van der Waals surface area (Å²) in [4.78, 5) is 31.2. The molecule has 1 unspecified atom stereocenters. The Morgan fingerprint density at radius 2 is 1.65 bits per heavy atom. The van der Waals surface area contributed by atoms with E-state index in [1.54, 1.807) is 6.92 Å². The lowest BCUT2D eigenvalue weighted by Crippen LogP contribution is -2.19. The standard InChI is InChI=1S/C10H20O7P2.H3N/c1-9(2)5-4-6-10(3)7-8-16-19(14,15)17-18(11,12)13;/h5,7H,4,6,8H2,1-3H3,(H,14,15)(H2,11,12,13);1H3/p-2/b10-7+;. The summed E-state index contributed by atoms with van der Waals surface area (Å²) in [5.74, 6) is 0. The fraction of sp³-hybridized carbons (Fsp3) is 0.600. The first kappa shape index (κ1) is 22.0. The number of hydrogen-bond acceptors (Lipinski definition) is 7. The Morgan fingerprint density at radius 3 is 2.10 bits per heavy atom. The molecule has 0 fully saturated rings. The van der Waals surface area contributed by atoms with Crippen LogP contribution in [-0.4, -0.2) is 6.61 Å². The van der Waals surface area contributed by atoms with Gasteiger partial charge in [-0.1, -0.05) is 23.3 Å². The highest BCUT2D eigenvalue weighted by Gasteiger charge is 2.10. The molecule has 0 heterocycles. The van der Waals surface area contributed by atoms with Gasteiger partial charge in [0.1, 0.15) is 0 Å². The van der Waals surface area contributed by atoms with E-state index in [4.69, 9.17) is 0 Å². The van der Waals surface area contributed by atoms with E-state index in [1.165, 1.54) is 11.6 Å². The van der Waals surface area contributed by atoms with E-state index < -0.39 is 15.6 Å². The number of rotatable bonds is 8. The minimum absolute atomic E-state index is 0. The third-order valence-corrected chi connectivity index (χ3v) is 4.02. The molecular weight excluding hydrogens is 308 g/mol. The molecule has 10 heteroatoms. The van der Waals surface area contributed by atoms with Crippen LogP contribution in [0.1, 0.15) is 33.6 Å². The lowest BCUT2D eigenvalue weighted by atomic mass is 10.1. The molecule has 0 saturated heterocycles. The van der Waals surface area contributed by atoms with Crippen LogP contribution < -0.4 is 20.8 Å². The molecule has 20 heavy (non-hydrogen) atoms. The van der Waals surface area contributed by atoms with Gasteiger partial charge < -0.3 is 29.9 Å². The van der Waals surface area contributed by atoms with Crippen LogP contribution in [0.5, 0.6) is 0 Å². The van der Waals surface area contributed by atoms with Crippen molar-refractivity contribution in [1.29, 1.82) is 0 Å². The maximum absolute atomic E-state index is 10.9. The summed E-state index contributed by atoms with van der Waals surface area (Å²) in [5.41, 5.74) is 2.06. The van der Waals surface area contributed by atoms with Gasteiger partial charge in [0, 0.05) is 0 Å². The highest BCUT2D eigenvalue weighted by Crippen LogP contribution is 2.50. The van der Waals surface area contributed by atoms with Gasteiger partial charge in [0.25, 0.3) is 7.82 Å². The molecule has 0 aromatic rings. The van der Waals surface area contributed by atoms with Crippen molar-refractivity contribution < 1.29 is 32.6 Å². The maximum Gasteiger partial charge on any atom is 0.272 e. The van der Waals surface area contributed by atoms with Gasteiger partial charge in [-0.25, -0.2) is 0 Å². The molecule has 0 aromatic carbocycles. The molecule has 0 aliphatic carbocycles. The van der Waals surface area contributed by atoms with Crippen molar-refractivity contribution in [2.45, 2.75) is 33.6 Å². The van der Waals surface area contributed by atoms with Crippen molar-refractivity contribution in [1.82, 2.24) is 6.15 Å². The van der Waals surface area contributed by atoms with Gasteiger partial charge >= 0.3 is 0 Å². The molecule has 0 radical (unpaired) electrons. The molecule has 0 bridgehead atoms. The van der Waals surface area contributed by atoms with E-state index in [-0.39, 0.29) is 12.8 Å². The zero-order valence-electron chi connectivity index (χ0n) is 12.0. The number of allylic oxidation sites excluding steroid dienone is 3. The molecule has 0 rings (SSSR count). The fourth-order valence-electron chi connectivity index (χ4n) is 1.11. The molecule has 120 valence electrons. The average molecular weight is 329 g/mol. The van der Waals surface area contributed by atoms with Crippen LogP contribution in [-0.2, 0) is 18.0 Å². The molecule has 0 amide bonds. The lowest BCUT2D eigenvalue weighted by molar-refractivity contribution is -0.339. The van der Waals surface area contributed by atoms with E-state index in [2.05, 4.69) is 8.83 Å². The zero-order chi connectivity index (χ0) is 15.1. The average Bonchev–Trinajstić information content (AvgIpc) is 2.12. The summed E-state index contributed by atoms with van der Waals surface area (Å²) >= 11 is 0. The summed E-state index contributed by atoms with van der Waals surface area (Å²) in [7, 11) is -10.7. The van der Waals surface area contributed by atoms with Crippen molar-refractivity contribution in [2.75, 3.05) is 6.61 Å². The molecule has 8 nitrogen and oxygen atoms in total. The van der Waals surface area contributed by atoms with Crippen molar-refractivity contribution in [3.8, 4) is 0 Å². The van der Waals surface area contributed by atoms with Crippen molar-refractivity contribution >= 4 is 15.6 Å². The fourth-order valence-corrected chi connectivity index (χ4v) is 2.53. The number of phosphoric acid groups is 2. The smallest absolute Gasteiger partial charge is 0.272 e. The van der Waals surface area contributed by atoms with Crippen LogP contribution in [0.4, 0.5) is 0 Å². The van der Waals surface area contributed by atoms with Gasteiger partial charge in [0.05, 0.1) is 14.4 Å². The molecule has 0 aliphatic rings. The van der Waals surface area contributed by atoms with E-state index in [0.29, 0.717) is 0 Å². The van der Waals surface area contributed by atoms with Gasteiger partial charge in [-0.15, -0.1) is 0 Å². The molecular formula is C10H21NO7P2-2. The van der Waals surface area contributed by atoms with E-state index >= 15 is 0 Å².